The number of rotatable bonds is 2. The molecule has 2 N–H and O–H groups in total. The molecule has 0 radical (unpaired) electrons. The second kappa shape index (κ2) is 3.91. The van der Waals surface area contributed by atoms with Gasteiger partial charge in [0.1, 0.15) is 0 Å². The summed E-state index contributed by atoms with van der Waals surface area (Å²) < 4.78 is 0. The van der Waals surface area contributed by atoms with Gasteiger partial charge < -0.3 is 5.73 Å². The Morgan fingerprint density at radius 2 is 2.45 bits per heavy atom. The van der Waals surface area contributed by atoms with E-state index in [1.807, 2.05) is 0 Å². The van der Waals surface area contributed by atoms with E-state index in [1.165, 1.54) is 31.3 Å². The van der Waals surface area contributed by atoms with Crippen molar-refractivity contribution in [2.24, 2.45) is 11.7 Å². The van der Waals surface area contributed by atoms with E-state index < -0.39 is 0 Å². The van der Waals surface area contributed by atoms with Gasteiger partial charge in [-0.2, -0.15) is 0 Å². The Labute approximate surface area is 71.2 Å². The summed E-state index contributed by atoms with van der Waals surface area (Å²) in [5, 5.41) is 0. The predicted octanol–water partition coefficient (Wildman–Crippen LogP) is 2.72. The molecule has 1 aliphatic carbocycles. The maximum absolute atomic E-state index is 5.99. The maximum Gasteiger partial charge on any atom is 0.0105 e. The minimum absolute atomic E-state index is 0. The third kappa shape index (κ3) is 2.33. The zero-order valence-electron chi connectivity index (χ0n) is 7.47. The maximum atomic E-state index is 5.99. The van der Waals surface area contributed by atoms with Crippen molar-refractivity contribution in [3.05, 3.63) is 12.2 Å². The van der Waals surface area contributed by atoms with Crippen molar-refractivity contribution >= 4 is 0 Å². The van der Waals surface area contributed by atoms with Gasteiger partial charge in [-0.15, -0.1) is 0 Å². The highest BCUT2D eigenvalue weighted by Crippen LogP contribution is 2.29. The van der Waals surface area contributed by atoms with E-state index in [0.717, 1.165) is 12.3 Å². The number of hydrogen-bond donors (Lipinski definition) is 1. The quantitative estimate of drug-likeness (QED) is 0.610. The van der Waals surface area contributed by atoms with E-state index in [2.05, 4.69) is 13.5 Å². The summed E-state index contributed by atoms with van der Waals surface area (Å²) in [7, 11) is 0. The Balaban J connectivity index is 0.00000121. The van der Waals surface area contributed by atoms with Gasteiger partial charge in [-0.25, -0.2) is 0 Å². The molecule has 0 spiro atoms. The molecule has 11 heavy (non-hydrogen) atoms. The molecule has 0 amide bonds. The first-order valence-corrected chi connectivity index (χ1v) is 4.66. The highest BCUT2D eigenvalue weighted by molar-refractivity contribution is 5.03. The van der Waals surface area contributed by atoms with Gasteiger partial charge in [-0.05, 0) is 31.6 Å². The molecule has 0 aromatic carbocycles. The Bertz CT molecular complexity index is 145. The fourth-order valence-corrected chi connectivity index (χ4v) is 1.93. The molecular formula is C10H21N. The normalized spacial score (nSPS) is 32.4. The highest BCUT2D eigenvalue weighted by Gasteiger charge is 2.22. The third-order valence-electron chi connectivity index (χ3n) is 2.66. The molecule has 1 fully saturated rings. The van der Waals surface area contributed by atoms with Gasteiger partial charge in [-0.3, -0.25) is 0 Å². The van der Waals surface area contributed by atoms with Gasteiger partial charge in [0.05, 0.1) is 0 Å². The predicted molar refractivity (Wildman–Crippen MR) is 51.5 cm³/mol. The second-order valence-corrected chi connectivity index (χ2v) is 3.71. The topological polar surface area (TPSA) is 26.0 Å². The van der Waals surface area contributed by atoms with Crippen LogP contribution in [0.15, 0.2) is 12.2 Å². The first-order valence-electron chi connectivity index (χ1n) is 4.66. The van der Waals surface area contributed by atoms with Crippen molar-refractivity contribution in [2.45, 2.75) is 45.1 Å². The minimum Gasteiger partial charge on any atom is -0.327 e. The number of hydrogen-bond acceptors (Lipinski definition) is 1. The van der Waals surface area contributed by atoms with E-state index in [9.17, 15) is 0 Å². The Kier molecular flexibility index (Phi) is 3.13. The lowest BCUT2D eigenvalue weighted by Crippen LogP contribution is -2.33. The molecule has 1 rings (SSSR count). The molecule has 0 aliphatic heterocycles. The zero-order chi connectivity index (χ0) is 8.27. The van der Waals surface area contributed by atoms with E-state index in [1.54, 1.807) is 0 Å². The van der Waals surface area contributed by atoms with Crippen molar-refractivity contribution in [2.75, 3.05) is 0 Å². The van der Waals surface area contributed by atoms with E-state index >= 15 is 0 Å². The van der Waals surface area contributed by atoms with Gasteiger partial charge in [0.15, 0.2) is 0 Å². The molecule has 1 saturated carbocycles. The smallest absolute Gasteiger partial charge is 0.0105 e. The van der Waals surface area contributed by atoms with Gasteiger partial charge in [-0.1, -0.05) is 25.5 Å². The van der Waals surface area contributed by atoms with E-state index in [0.29, 0.717) is 6.04 Å². The van der Waals surface area contributed by atoms with Crippen molar-refractivity contribution < 1.29 is 1.43 Å². The first-order chi connectivity index (χ1) is 5.24. The van der Waals surface area contributed by atoms with Crippen molar-refractivity contribution in [1.29, 1.82) is 0 Å². The van der Waals surface area contributed by atoms with Crippen LogP contribution in [0.25, 0.3) is 0 Å². The molecule has 0 saturated heterocycles. The van der Waals surface area contributed by atoms with Crippen LogP contribution in [0.2, 0.25) is 0 Å². The lowest BCUT2D eigenvalue weighted by molar-refractivity contribution is 0.330. The van der Waals surface area contributed by atoms with Crippen LogP contribution >= 0.6 is 0 Å². The molecular weight excluding hydrogens is 134 g/mol. The Morgan fingerprint density at radius 3 is 3.00 bits per heavy atom. The van der Waals surface area contributed by atoms with Gasteiger partial charge in [0, 0.05) is 7.47 Å². The summed E-state index contributed by atoms with van der Waals surface area (Å²) >= 11 is 0. The molecule has 2 atom stereocenters. The lowest BCUT2D eigenvalue weighted by Gasteiger charge is -2.29. The molecule has 1 nitrogen and oxygen atoms in total. The van der Waals surface area contributed by atoms with Crippen LogP contribution in [0.1, 0.15) is 40.5 Å². The Hall–Kier alpha value is -0.300. The number of nitrogens with two attached hydrogens (primary N) is 1. The first kappa shape index (κ1) is 8.79. The third-order valence-corrected chi connectivity index (χ3v) is 2.66. The lowest BCUT2D eigenvalue weighted by atomic mass is 9.80. The summed E-state index contributed by atoms with van der Waals surface area (Å²) in [5.74, 6) is 0.769. The minimum atomic E-state index is 0. The summed E-state index contributed by atoms with van der Waals surface area (Å²) in [4.78, 5) is 0. The second-order valence-electron chi connectivity index (χ2n) is 3.71. The molecule has 0 bridgehead atoms. The van der Waals surface area contributed by atoms with Crippen LogP contribution < -0.4 is 5.73 Å². The zero-order valence-corrected chi connectivity index (χ0v) is 7.47. The molecule has 1 unspecified atom stereocenters. The standard InChI is InChI=1S/C10H19N.H2/c1-3-4-9-6-5-8(2)7-10(9)11;/h9-10H,2-7,11H2,1H3;1H/t9?,10-;/m0./s1. The van der Waals surface area contributed by atoms with Crippen LogP contribution in [0, 0.1) is 5.92 Å². The fourth-order valence-electron chi connectivity index (χ4n) is 1.93. The molecule has 1 aliphatic rings. The van der Waals surface area contributed by atoms with Crippen molar-refractivity contribution in [3.63, 3.8) is 0 Å². The van der Waals surface area contributed by atoms with Crippen LogP contribution in [-0.2, 0) is 0 Å². The fraction of sp³-hybridized carbons (Fsp3) is 0.800. The summed E-state index contributed by atoms with van der Waals surface area (Å²) in [6, 6.07) is 0.399. The monoisotopic (exact) mass is 155 g/mol. The van der Waals surface area contributed by atoms with Crippen LogP contribution in [-0.4, -0.2) is 6.04 Å². The average Bonchev–Trinajstić information content (AvgIpc) is 1.95. The Morgan fingerprint density at radius 1 is 1.73 bits per heavy atom. The largest absolute Gasteiger partial charge is 0.327 e. The summed E-state index contributed by atoms with van der Waals surface area (Å²) in [5.41, 5.74) is 7.35. The van der Waals surface area contributed by atoms with Gasteiger partial charge in [0.2, 0.25) is 0 Å². The molecule has 0 aromatic heterocycles. The van der Waals surface area contributed by atoms with E-state index in [-0.39, 0.29) is 1.43 Å². The highest BCUT2D eigenvalue weighted by atomic mass is 14.7. The average molecular weight is 155 g/mol. The summed E-state index contributed by atoms with van der Waals surface area (Å²) in [6.07, 6.45) is 6.11. The van der Waals surface area contributed by atoms with Gasteiger partial charge >= 0.3 is 0 Å². The van der Waals surface area contributed by atoms with Crippen LogP contribution in [0.5, 0.6) is 0 Å². The van der Waals surface area contributed by atoms with Crippen LogP contribution in [0.4, 0.5) is 0 Å². The van der Waals surface area contributed by atoms with E-state index in [4.69, 9.17) is 5.73 Å². The van der Waals surface area contributed by atoms with Crippen molar-refractivity contribution in [1.82, 2.24) is 0 Å². The summed E-state index contributed by atoms with van der Waals surface area (Å²) in [6.45, 7) is 6.21. The SMILES string of the molecule is C=C1CCC(CCC)[C@@H](N)C1.[HH]. The molecule has 1 heteroatoms. The van der Waals surface area contributed by atoms with Crippen molar-refractivity contribution in [3.8, 4) is 0 Å². The molecule has 66 valence electrons. The molecule has 0 aromatic rings. The van der Waals surface area contributed by atoms with Crippen LogP contribution in [0.3, 0.4) is 0 Å². The van der Waals surface area contributed by atoms with Gasteiger partial charge in [0.25, 0.3) is 0 Å². The molecule has 0 heterocycles.